The number of hydrogen-bond donors (Lipinski definition) is 1. The number of pyridine rings is 1. The summed E-state index contributed by atoms with van der Waals surface area (Å²) in [7, 11) is 0. The van der Waals surface area contributed by atoms with Crippen LogP contribution in [0.1, 0.15) is 19.5 Å². The number of nitrogens with zero attached hydrogens (tertiary/aromatic N) is 1. The summed E-state index contributed by atoms with van der Waals surface area (Å²) in [5.74, 6) is -0.228. The van der Waals surface area contributed by atoms with Crippen molar-refractivity contribution in [2.24, 2.45) is 0 Å². The van der Waals surface area contributed by atoms with Crippen molar-refractivity contribution in [2.75, 3.05) is 6.61 Å². The molecule has 0 saturated carbocycles. The van der Waals surface area contributed by atoms with Crippen molar-refractivity contribution >= 4 is 5.97 Å². The first-order chi connectivity index (χ1) is 7.24. The highest BCUT2D eigenvalue weighted by Crippen LogP contribution is 1.94. The Labute approximate surface area is 89.7 Å². The fourth-order valence-electron chi connectivity index (χ4n) is 1.11. The van der Waals surface area contributed by atoms with E-state index in [0.717, 1.165) is 5.69 Å². The lowest BCUT2D eigenvalue weighted by molar-refractivity contribution is -0.145. The molecule has 0 saturated heterocycles. The Morgan fingerprint density at radius 1 is 1.60 bits per heavy atom. The molecule has 0 fully saturated rings. The minimum absolute atomic E-state index is 0.228. The average Bonchev–Trinajstić information content (AvgIpc) is 2.27. The molecule has 1 N–H and O–H groups in total. The van der Waals surface area contributed by atoms with E-state index in [1.807, 2.05) is 18.2 Å². The lowest BCUT2D eigenvalue weighted by Crippen LogP contribution is -2.35. The SMILES string of the molecule is CCOC(=O)C(C)NCc1ccccn1. The van der Waals surface area contributed by atoms with E-state index in [-0.39, 0.29) is 12.0 Å². The Balaban J connectivity index is 2.34. The maximum atomic E-state index is 11.3. The molecule has 0 aromatic carbocycles. The van der Waals surface area contributed by atoms with Crippen LogP contribution in [0.2, 0.25) is 0 Å². The highest BCUT2D eigenvalue weighted by atomic mass is 16.5. The number of hydrogen-bond acceptors (Lipinski definition) is 4. The van der Waals surface area contributed by atoms with Gasteiger partial charge in [0.1, 0.15) is 6.04 Å². The van der Waals surface area contributed by atoms with E-state index >= 15 is 0 Å². The fourth-order valence-corrected chi connectivity index (χ4v) is 1.11. The number of nitrogens with one attached hydrogen (secondary N) is 1. The van der Waals surface area contributed by atoms with Gasteiger partial charge in [-0.25, -0.2) is 0 Å². The van der Waals surface area contributed by atoms with Gasteiger partial charge < -0.3 is 4.74 Å². The topological polar surface area (TPSA) is 51.2 Å². The maximum absolute atomic E-state index is 11.3. The minimum Gasteiger partial charge on any atom is -0.465 e. The number of carbonyl (C=O) groups is 1. The lowest BCUT2D eigenvalue weighted by atomic mass is 10.3. The van der Waals surface area contributed by atoms with Gasteiger partial charge in [0.2, 0.25) is 0 Å². The average molecular weight is 208 g/mol. The summed E-state index contributed by atoms with van der Waals surface area (Å²) in [6, 6.07) is 5.38. The van der Waals surface area contributed by atoms with Gasteiger partial charge in [-0.05, 0) is 26.0 Å². The first-order valence-electron chi connectivity index (χ1n) is 5.04. The maximum Gasteiger partial charge on any atom is 0.322 e. The van der Waals surface area contributed by atoms with Crippen LogP contribution in [0.15, 0.2) is 24.4 Å². The number of esters is 1. The molecule has 0 aliphatic heterocycles. The van der Waals surface area contributed by atoms with Gasteiger partial charge in [0.15, 0.2) is 0 Å². The molecular weight excluding hydrogens is 192 g/mol. The zero-order valence-corrected chi connectivity index (χ0v) is 9.06. The molecule has 1 aromatic rings. The summed E-state index contributed by atoms with van der Waals surface area (Å²) in [6.45, 7) is 4.56. The Kier molecular flexibility index (Phi) is 4.77. The van der Waals surface area contributed by atoms with E-state index < -0.39 is 0 Å². The quantitative estimate of drug-likeness (QED) is 0.737. The normalized spacial score (nSPS) is 12.1. The molecule has 0 aliphatic carbocycles. The molecule has 0 radical (unpaired) electrons. The van der Waals surface area contributed by atoms with Gasteiger partial charge in [0.25, 0.3) is 0 Å². The Hall–Kier alpha value is -1.42. The van der Waals surface area contributed by atoms with E-state index in [2.05, 4.69) is 10.3 Å². The summed E-state index contributed by atoms with van der Waals surface area (Å²) in [5.41, 5.74) is 0.911. The van der Waals surface area contributed by atoms with Crippen LogP contribution in [-0.4, -0.2) is 23.6 Å². The van der Waals surface area contributed by atoms with Crippen LogP contribution in [0.4, 0.5) is 0 Å². The zero-order valence-electron chi connectivity index (χ0n) is 9.06. The highest BCUT2D eigenvalue weighted by molar-refractivity contribution is 5.75. The van der Waals surface area contributed by atoms with Crippen molar-refractivity contribution in [3.8, 4) is 0 Å². The number of rotatable bonds is 5. The first-order valence-corrected chi connectivity index (χ1v) is 5.04. The molecule has 0 aliphatic rings. The molecule has 4 nitrogen and oxygen atoms in total. The molecular formula is C11H16N2O2. The standard InChI is InChI=1S/C11H16N2O2/c1-3-15-11(14)9(2)13-8-10-6-4-5-7-12-10/h4-7,9,13H,3,8H2,1-2H3. The molecule has 1 aromatic heterocycles. The van der Waals surface area contributed by atoms with Crippen LogP contribution in [-0.2, 0) is 16.1 Å². The molecule has 0 amide bonds. The fraction of sp³-hybridized carbons (Fsp3) is 0.455. The van der Waals surface area contributed by atoms with Crippen LogP contribution in [0.5, 0.6) is 0 Å². The smallest absolute Gasteiger partial charge is 0.322 e. The van der Waals surface area contributed by atoms with Crippen molar-refractivity contribution in [2.45, 2.75) is 26.4 Å². The van der Waals surface area contributed by atoms with Crippen molar-refractivity contribution < 1.29 is 9.53 Å². The van der Waals surface area contributed by atoms with Gasteiger partial charge >= 0.3 is 5.97 Å². The largest absolute Gasteiger partial charge is 0.465 e. The van der Waals surface area contributed by atoms with Gasteiger partial charge in [-0.2, -0.15) is 0 Å². The molecule has 1 atom stereocenters. The van der Waals surface area contributed by atoms with Gasteiger partial charge in [-0.1, -0.05) is 6.07 Å². The van der Waals surface area contributed by atoms with E-state index in [1.165, 1.54) is 0 Å². The van der Waals surface area contributed by atoms with E-state index in [0.29, 0.717) is 13.2 Å². The Morgan fingerprint density at radius 3 is 3.00 bits per heavy atom. The molecule has 1 unspecified atom stereocenters. The molecule has 1 heterocycles. The molecule has 1 rings (SSSR count). The minimum atomic E-state index is -0.299. The summed E-state index contributed by atoms with van der Waals surface area (Å²) >= 11 is 0. The lowest BCUT2D eigenvalue weighted by Gasteiger charge is -2.11. The monoisotopic (exact) mass is 208 g/mol. The molecule has 82 valence electrons. The van der Waals surface area contributed by atoms with Crippen LogP contribution in [0.25, 0.3) is 0 Å². The third-order valence-corrected chi connectivity index (χ3v) is 1.96. The van der Waals surface area contributed by atoms with Crippen LogP contribution in [0.3, 0.4) is 0 Å². The molecule has 0 spiro atoms. The predicted molar refractivity (Wildman–Crippen MR) is 57.2 cm³/mol. The summed E-state index contributed by atoms with van der Waals surface area (Å²) in [4.78, 5) is 15.4. The van der Waals surface area contributed by atoms with Crippen LogP contribution in [0, 0.1) is 0 Å². The second-order valence-electron chi connectivity index (χ2n) is 3.18. The third-order valence-electron chi connectivity index (χ3n) is 1.96. The van der Waals surface area contributed by atoms with Crippen molar-refractivity contribution in [1.29, 1.82) is 0 Å². The van der Waals surface area contributed by atoms with Gasteiger partial charge in [-0.3, -0.25) is 15.1 Å². The summed E-state index contributed by atoms with van der Waals surface area (Å²) < 4.78 is 4.87. The molecule has 0 bridgehead atoms. The van der Waals surface area contributed by atoms with Gasteiger partial charge in [0.05, 0.1) is 12.3 Å². The number of aromatic nitrogens is 1. The summed E-state index contributed by atoms with van der Waals surface area (Å²) in [5, 5.41) is 3.05. The van der Waals surface area contributed by atoms with Gasteiger partial charge in [-0.15, -0.1) is 0 Å². The zero-order chi connectivity index (χ0) is 11.1. The van der Waals surface area contributed by atoms with Crippen molar-refractivity contribution in [3.05, 3.63) is 30.1 Å². The van der Waals surface area contributed by atoms with E-state index in [1.54, 1.807) is 20.0 Å². The first kappa shape index (κ1) is 11.7. The van der Waals surface area contributed by atoms with E-state index in [4.69, 9.17) is 4.74 Å². The third kappa shape index (κ3) is 4.08. The number of ether oxygens (including phenoxy) is 1. The highest BCUT2D eigenvalue weighted by Gasteiger charge is 2.12. The Bertz CT molecular complexity index is 301. The van der Waals surface area contributed by atoms with Crippen molar-refractivity contribution in [3.63, 3.8) is 0 Å². The van der Waals surface area contributed by atoms with Gasteiger partial charge in [0, 0.05) is 12.7 Å². The van der Waals surface area contributed by atoms with Crippen molar-refractivity contribution in [1.82, 2.24) is 10.3 Å². The summed E-state index contributed by atoms with van der Waals surface area (Å²) in [6.07, 6.45) is 1.73. The Morgan fingerprint density at radius 2 is 2.40 bits per heavy atom. The van der Waals surface area contributed by atoms with Crippen LogP contribution >= 0.6 is 0 Å². The molecule has 15 heavy (non-hydrogen) atoms. The predicted octanol–water partition coefficient (Wildman–Crippen LogP) is 1.12. The number of carbonyl (C=O) groups excluding carboxylic acids is 1. The second-order valence-corrected chi connectivity index (χ2v) is 3.18. The van der Waals surface area contributed by atoms with E-state index in [9.17, 15) is 4.79 Å². The second kappa shape index (κ2) is 6.14. The molecule has 4 heteroatoms. The van der Waals surface area contributed by atoms with Crippen LogP contribution < -0.4 is 5.32 Å².